The van der Waals surface area contributed by atoms with E-state index in [1.54, 1.807) is 0 Å². The molecule has 1 amide bonds. The monoisotopic (exact) mass is 307 g/mol. The number of nitro benzene ring substituents is 1. The molecule has 1 aromatic rings. The predicted molar refractivity (Wildman–Crippen MR) is 63.8 cm³/mol. The fourth-order valence-corrected chi connectivity index (χ4v) is 2.49. The summed E-state index contributed by atoms with van der Waals surface area (Å²) in [6, 6.07) is 2.68. The fourth-order valence-electron chi connectivity index (χ4n) is 1.29. The summed E-state index contributed by atoms with van der Waals surface area (Å²) >= 11 is 0. The number of ether oxygens (including phenoxy) is 1. The molecule has 1 rings (SSSR count). The molecule has 3 N–H and O–H groups in total. The van der Waals surface area contributed by atoms with Crippen LogP contribution in [0.15, 0.2) is 23.1 Å². The van der Waals surface area contributed by atoms with Crippen LogP contribution < -0.4 is 10.5 Å². The Hall–Kier alpha value is -2.27. The molecule has 20 heavy (non-hydrogen) atoms. The Morgan fingerprint density at radius 2 is 2.15 bits per heavy atom. The van der Waals surface area contributed by atoms with Gasteiger partial charge >= 0.3 is 11.8 Å². The molecule has 0 heterocycles. The van der Waals surface area contributed by atoms with Gasteiger partial charge in [0.05, 0.1) is 4.92 Å². The first-order valence-electron chi connectivity index (χ1n) is 5.10. The highest BCUT2D eigenvalue weighted by Crippen LogP contribution is 2.26. The number of primary amides is 1. The number of rotatable bonds is 6. The third kappa shape index (κ3) is 3.86. The minimum atomic E-state index is -4.32. The first-order valence-corrected chi connectivity index (χ1v) is 6.59. The Balaban J connectivity index is 2.96. The average Bonchev–Trinajstić information content (AvgIpc) is 2.33. The molecule has 0 bridgehead atoms. The molecule has 110 valence electrons. The van der Waals surface area contributed by atoms with Crippen molar-refractivity contribution in [2.75, 3.05) is 13.2 Å². The number of hydrogen-bond acceptors (Lipinski definition) is 6. The number of hydrogen-bond donors (Lipinski definition) is 2. The third-order valence-corrected chi connectivity index (χ3v) is 3.55. The van der Waals surface area contributed by atoms with Crippen molar-refractivity contribution in [3.05, 3.63) is 34.1 Å². The van der Waals surface area contributed by atoms with Crippen LogP contribution in [0.5, 0.6) is 0 Å². The van der Waals surface area contributed by atoms with Crippen molar-refractivity contribution in [3.63, 3.8) is 0 Å². The Kier molecular flexibility index (Phi) is 4.94. The van der Waals surface area contributed by atoms with E-state index in [9.17, 15) is 27.7 Å². The molecule has 0 spiro atoms. The highest BCUT2D eigenvalue weighted by atomic mass is 32.2. The van der Waals surface area contributed by atoms with Crippen LogP contribution in [0.2, 0.25) is 0 Å². The molecule has 0 aliphatic heterocycles. The number of nitrogens with two attached hydrogens (primary N) is 1. The van der Waals surface area contributed by atoms with Crippen LogP contribution in [0, 0.1) is 15.9 Å². The van der Waals surface area contributed by atoms with E-state index in [1.165, 1.54) is 0 Å². The van der Waals surface area contributed by atoms with Gasteiger partial charge in [-0.2, -0.15) is 4.39 Å². The maximum absolute atomic E-state index is 13.3. The third-order valence-electron chi connectivity index (χ3n) is 2.06. The van der Waals surface area contributed by atoms with Crippen molar-refractivity contribution < 1.29 is 27.3 Å². The van der Waals surface area contributed by atoms with Gasteiger partial charge in [-0.05, 0) is 12.1 Å². The number of carbonyl (C=O) groups is 1. The van der Waals surface area contributed by atoms with E-state index in [0.29, 0.717) is 0 Å². The number of halogens is 1. The highest BCUT2D eigenvalue weighted by Gasteiger charge is 2.29. The smallest absolute Gasteiger partial charge is 0.404 e. The lowest BCUT2D eigenvalue weighted by Gasteiger charge is -2.07. The number of nitrogens with one attached hydrogen (secondary N) is 1. The summed E-state index contributed by atoms with van der Waals surface area (Å²) in [6.07, 6.45) is -1.10. The summed E-state index contributed by atoms with van der Waals surface area (Å²) in [6.45, 7) is -0.726. The van der Waals surface area contributed by atoms with Crippen LogP contribution in [0.3, 0.4) is 0 Å². The van der Waals surface area contributed by atoms with Gasteiger partial charge in [-0.25, -0.2) is 17.9 Å². The van der Waals surface area contributed by atoms with E-state index in [-0.39, 0.29) is 13.2 Å². The lowest BCUT2D eigenvalue weighted by molar-refractivity contribution is -0.390. The maximum atomic E-state index is 13.3. The predicted octanol–water partition coefficient (Wildman–Crippen LogP) is 0.108. The van der Waals surface area contributed by atoms with Crippen molar-refractivity contribution in [1.29, 1.82) is 0 Å². The first-order chi connectivity index (χ1) is 9.25. The molecular formula is C9H10FN3O6S. The summed E-state index contributed by atoms with van der Waals surface area (Å²) < 4.78 is 43.1. The number of amides is 1. The summed E-state index contributed by atoms with van der Waals surface area (Å²) in [5.74, 6) is -1.27. The van der Waals surface area contributed by atoms with Gasteiger partial charge in [0.25, 0.3) is 0 Å². The second-order valence-corrected chi connectivity index (χ2v) is 5.14. The van der Waals surface area contributed by atoms with Gasteiger partial charge in [0, 0.05) is 6.54 Å². The molecule has 1 aromatic carbocycles. The van der Waals surface area contributed by atoms with Gasteiger partial charge in [0.15, 0.2) is 4.90 Å². The van der Waals surface area contributed by atoms with Crippen molar-refractivity contribution in [1.82, 2.24) is 4.72 Å². The Morgan fingerprint density at radius 1 is 1.50 bits per heavy atom. The van der Waals surface area contributed by atoms with Crippen molar-refractivity contribution in [3.8, 4) is 0 Å². The average molecular weight is 307 g/mol. The van der Waals surface area contributed by atoms with Crippen LogP contribution in [-0.4, -0.2) is 32.6 Å². The molecule has 0 atom stereocenters. The second-order valence-electron chi connectivity index (χ2n) is 3.41. The standard InChI is InChI=1S/C9H10FN3O6S/c10-6-2-1-3-7(8(6)13(15)16)20(17,18)12-4-5-19-9(11)14/h1-3,12H,4-5H2,(H2,11,14). The number of carbonyl (C=O) groups excluding carboxylic acids is 1. The zero-order valence-electron chi connectivity index (χ0n) is 9.91. The van der Waals surface area contributed by atoms with E-state index in [2.05, 4.69) is 10.5 Å². The van der Waals surface area contributed by atoms with Gasteiger partial charge in [-0.3, -0.25) is 10.1 Å². The van der Waals surface area contributed by atoms with Crippen LogP contribution in [0.1, 0.15) is 0 Å². The molecule has 0 fully saturated rings. The molecule has 0 saturated carbocycles. The molecule has 9 nitrogen and oxygen atoms in total. The van der Waals surface area contributed by atoms with E-state index >= 15 is 0 Å². The van der Waals surface area contributed by atoms with Crippen molar-refractivity contribution in [2.45, 2.75) is 4.90 Å². The van der Waals surface area contributed by atoms with E-state index < -0.39 is 37.4 Å². The van der Waals surface area contributed by atoms with Gasteiger partial charge in [0.2, 0.25) is 15.8 Å². The molecule has 0 aliphatic carbocycles. The molecule has 0 unspecified atom stereocenters. The quantitative estimate of drug-likeness (QED) is 0.434. The summed E-state index contributed by atoms with van der Waals surface area (Å²) in [5.41, 5.74) is 3.50. The first kappa shape index (κ1) is 15.8. The Labute approximate surface area is 112 Å². The zero-order chi connectivity index (χ0) is 15.3. The van der Waals surface area contributed by atoms with Crippen LogP contribution in [-0.2, 0) is 14.8 Å². The number of para-hydroxylation sites is 1. The molecule has 0 aliphatic rings. The second kappa shape index (κ2) is 6.25. The minimum absolute atomic E-state index is 0.362. The summed E-state index contributed by atoms with van der Waals surface area (Å²) in [4.78, 5) is 19.0. The topological polar surface area (TPSA) is 142 Å². The summed E-state index contributed by atoms with van der Waals surface area (Å²) in [7, 11) is -4.32. The van der Waals surface area contributed by atoms with Crippen molar-refractivity contribution >= 4 is 21.8 Å². The normalized spacial score (nSPS) is 11.1. The molecule has 0 saturated heterocycles. The van der Waals surface area contributed by atoms with E-state index in [1.807, 2.05) is 4.72 Å². The lowest BCUT2D eigenvalue weighted by Crippen LogP contribution is -2.29. The number of sulfonamides is 1. The number of benzene rings is 1. The maximum Gasteiger partial charge on any atom is 0.404 e. The molecule has 11 heteroatoms. The number of nitrogens with zero attached hydrogens (tertiary/aromatic N) is 1. The highest BCUT2D eigenvalue weighted by molar-refractivity contribution is 7.89. The van der Waals surface area contributed by atoms with Crippen LogP contribution >= 0.6 is 0 Å². The van der Waals surface area contributed by atoms with Gasteiger partial charge in [-0.1, -0.05) is 6.07 Å². The van der Waals surface area contributed by atoms with Crippen LogP contribution in [0.4, 0.5) is 14.9 Å². The Bertz CT molecular complexity index is 633. The van der Waals surface area contributed by atoms with Gasteiger partial charge in [-0.15, -0.1) is 0 Å². The van der Waals surface area contributed by atoms with E-state index in [0.717, 1.165) is 18.2 Å². The van der Waals surface area contributed by atoms with Crippen molar-refractivity contribution in [2.24, 2.45) is 5.73 Å². The van der Waals surface area contributed by atoms with Gasteiger partial charge < -0.3 is 10.5 Å². The van der Waals surface area contributed by atoms with E-state index in [4.69, 9.17) is 0 Å². The molecular weight excluding hydrogens is 297 g/mol. The SMILES string of the molecule is NC(=O)OCCNS(=O)(=O)c1cccc(F)c1[N+](=O)[O-]. The lowest BCUT2D eigenvalue weighted by atomic mass is 10.3. The molecule has 0 aromatic heterocycles. The zero-order valence-corrected chi connectivity index (χ0v) is 10.7. The largest absolute Gasteiger partial charge is 0.448 e. The Morgan fingerprint density at radius 3 is 2.70 bits per heavy atom. The number of nitro groups is 1. The van der Waals surface area contributed by atoms with Gasteiger partial charge in [0.1, 0.15) is 6.61 Å². The summed E-state index contributed by atoms with van der Waals surface area (Å²) in [5, 5.41) is 10.7. The minimum Gasteiger partial charge on any atom is -0.448 e. The van der Waals surface area contributed by atoms with Crippen LogP contribution in [0.25, 0.3) is 0 Å². The molecule has 0 radical (unpaired) electrons. The fraction of sp³-hybridized carbons (Fsp3) is 0.222.